The predicted molar refractivity (Wildman–Crippen MR) is 134 cm³/mol. The molecule has 0 atom stereocenters. The lowest BCUT2D eigenvalue weighted by molar-refractivity contribution is -0.121. The zero-order valence-electron chi connectivity index (χ0n) is 18.4. The number of hydrogen-bond acceptors (Lipinski definition) is 6. The number of carbonyl (C=O) groups is 2. The van der Waals surface area contributed by atoms with Gasteiger partial charge < -0.3 is 14.4 Å². The van der Waals surface area contributed by atoms with Crippen molar-refractivity contribution in [2.75, 3.05) is 40.0 Å². The first-order chi connectivity index (χ1) is 16.0. The van der Waals surface area contributed by atoms with Gasteiger partial charge in [0.25, 0.3) is 11.8 Å². The minimum atomic E-state index is -0.121. The first-order valence-corrected chi connectivity index (χ1v) is 12.2. The average molecular weight is 530 g/mol. The second kappa shape index (κ2) is 10.5. The van der Waals surface area contributed by atoms with E-state index in [0.717, 1.165) is 15.8 Å². The van der Waals surface area contributed by atoms with E-state index in [4.69, 9.17) is 9.47 Å². The summed E-state index contributed by atoms with van der Waals surface area (Å²) < 4.78 is 11.7. The van der Waals surface area contributed by atoms with Crippen LogP contribution in [0.4, 0.5) is 5.69 Å². The van der Waals surface area contributed by atoms with Crippen LogP contribution in [0.2, 0.25) is 0 Å². The summed E-state index contributed by atoms with van der Waals surface area (Å²) >= 11 is 4.82. The summed E-state index contributed by atoms with van der Waals surface area (Å²) in [7, 11) is 1.70. The molecule has 172 valence electrons. The molecule has 2 fully saturated rings. The second-order valence-electron chi connectivity index (χ2n) is 7.45. The zero-order chi connectivity index (χ0) is 23.4. The SMILES string of the molecule is CCOc1ccc(/C=C2/SC(=Nc3cccc(C(=O)N4CCOCC4)c3)N(C)C2=O)cc1Br. The molecule has 0 spiro atoms. The average Bonchev–Trinajstić information content (AvgIpc) is 3.09. The number of ether oxygens (including phenoxy) is 2. The molecule has 2 aromatic rings. The van der Waals surface area contributed by atoms with Crippen molar-refractivity contribution in [1.29, 1.82) is 0 Å². The number of benzene rings is 2. The van der Waals surface area contributed by atoms with Gasteiger partial charge in [-0.15, -0.1) is 0 Å². The van der Waals surface area contributed by atoms with Gasteiger partial charge in [0, 0.05) is 25.7 Å². The second-order valence-corrected chi connectivity index (χ2v) is 9.31. The topological polar surface area (TPSA) is 71.4 Å². The zero-order valence-corrected chi connectivity index (χ0v) is 20.8. The molecule has 0 N–H and O–H groups in total. The van der Waals surface area contributed by atoms with Crippen molar-refractivity contribution in [1.82, 2.24) is 9.80 Å². The first-order valence-electron chi connectivity index (χ1n) is 10.6. The molecule has 0 saturated carbocycles. The van der Waals surface area contributed by atoms with Crippen molar-refractivity contribution in [2.24, 2.45) is 4.99 Å². The van der Waals surface area contributed by atoms with Crippen molar-refractivity contribution in [3.05, 3.63) is 63.0 Å². The highest BCUT2D eigenvalue weighted by atomic mass is 79.9. The summed E-state index contributed by atoms with van der Waals surface area (Å²) in [5, 5.41) is 0.562. The van der Waals surface area contributed by atoms with Gasteiger partial charge in [0.15, 0.2) is 5.17 Å². The number of rotatable bonds is 5. The third-order valence-electron chi connectivity index (χ3n) is 5.17. The lowest BCUT2D eigenvalue weighted by Crippen LogP contribution is -2.40. The van der Waals surface area contributed by atoms with E-state index < -0.39 is 0 Å². The molecule has 2 aliphatic heterocycles. The lowest BCUT2D eigenvalue weighted by atomic mass is 10.1. The number of hydrogen-bond donors (Lipinski definition) is 0. The molecule has 2 aromatic carbocycles. The number of amides is 2. The molecule has 0 aromatic heterocycles. The highest BCUT2D eigenvalue weighted by molar-refractivity contribution is 9.10. The largest absolute Gasteiger partial charge is 0.493 e. The van der Waals surface area contributed by atoms with Gasteiger partial charge in [-0.05, 0) is 76.6 Å². The molecule has 0 aliphatic carbocycles. The normalized spacial score (nSPS) is 18.9. The molecular formula is C24H24BrN3O4S. The quantitative estimate of drug-likeness (QED) is 0.531. The fraction of sp³-hybridized carbons (Fsp3) is 0.292. The van der Waals surface area contributed by atoms with Gasteiger partial charge in [0.05, 0.1) is 34.9 Å². The van der Waals surface area contributed by atoms with Gasteiger partial charge in [-0.25, -0.2) is 4.99 Å². The van der Waals surface area contributed by atoms with E-state index in [1.54, 1.807) is 24.1 Å². The van der Waals surface area contributed by atoms with Crippen LogP contribution in [0.15, 0.2) is 56.8 Å². The van der Waals surface area contributed by atoms with Gasteiger partial charge in [0.2, 0.25) is 0 Å². The minimum absolute atomic E-state index is 0.0366. The number of carbonyl (C=O) groups excluding carboxylic acids is 2. The van der Waals surface area contributed by atoms with E-state index in [9.17, 15) is 9.59 Å². The Kier molecular flexibility index (Phi) is 7.52. The molecule has 0 bridgehead atoms. The summed E-state index contributed by atoms with van der Waals surface area (Å²) in [6.45, 7) is 4.79. The van der Waals surface area contributed by atoms with Crippen LogP contribution in [0.25, 0.3) is 6.08 Å². The maximum atomic E-state index is 12.8. The predicted octanol–water partition coefficient (Wildman–Crippen LogP) is 4.55. The monoisotopic (exact) mass is 529 g/mol. The summed E-state index contributed by atoms with van der Waals surface area (Å²) in [6, 6.07) is 12.9. The van der Waals surface area contributed by atoms with Crippen LogP contribution in [-0.2, 0) is 9.53 Å². The Morgan fingerprint density at radius 2 is 2.03 bits per heavy atom. The number of halogens is 1. The van der Waals surface area contributed by atoms with Crippen LogP contribution in [0.3, 0.4) is 0 Å². The number of likely N-dealkylation sites (N-methyl/N-ethyl adjacent to an activating group) is 1. The van der Waals surface area contributed by atoms with Crippen LogP contribution in [0, 0.1) is 0 Å². The van der Waals surface area contributed by atoms with Gasteiger partial charge in [-0.2, -0.15) is 0 Å². The standard InChI is InChI=1S/C24H24BrN3O4S/c1-3-32-20-8-7-16(13-19(20)25)14-21-23(30)27(2)24(33-21)26-18-6-4-5-17(15-18)22(29)28-9-11-31-12-10-28/h4-8,13-15H,3,9-12H2,1-2H3/b21-14+,26-24?. The van der Waals surface area contributed by atoms with E-state index in [-0.39, 0.29) is 11.8 Å². The fourth-order valence-corrected chi connectivity index (χ4v) is 4.95. The first kappa shape index (κ1) is 23.5. The van der Waals surface area contributed by atoms with Crippen molar-refractivity contribution in [3.63, 3.8) is 0 Å². The van der Waals surface area contributed by atoms with Crippen LogP contribution in [-0.4, -0.2) is 66.7 Å². The molecule has 4 rings (SSSR count). The Bertz CT molecular complexity index is 1130. The molecule has 2 saturated heterocycles. The van der Waals surface area contributed by atoms with Crippen LogP contribution in [0.5, 0.6) is 5.75 Å². The summed E-state index contributed by atoms with van der Waals surface area (Å²) in [4.78, 5) is 34.1. The lowest BCUT2D eigenvalue weighted by Gasteiger charge is -2.26. The van der Waals surface area contributed by atoms with Crippen molar-refractivity contribution in [2.45, 2.75) is 6.92 Å². The number of nitrogens with zero attached hydrogens (tertiary/aromatic N) is 3. The molecule has 0 unspecified atom stereocenters. The Labute approximate surface area is 205 Å². The van der Waals surface area contributed by atoms with Crippen molar-refractivity contribution >= 4 is 56.4 Å². The molecule has 0 radical (unpaired) electrons. The molecule has 9 heteroatoms. The maximum absolute atomic E-state index is 12.8. The Balaban J connectivity index is 1.54. The van der Waals surface area contributed by atoms with Crippen LogP contribution >= 0.6 is 27.7 Å². The minimum Gasteiger partial charge on any atom is -0.493 e. The molecule has 2 amide bonds. The van der Waals surface area contributed by atoms with Gasteiger partial charge >= 0.3 is 0 Å². The molecule has 33 heavy (non-hydrogen) atoms. The molecule has 7 nitrogen and oxygen atoms in total. The molecule has 2 heterocycles. The van der Waals surface area contributed by atoms with Gasteiger partial charge in [0.1, 0.15) is 5.75 Å². The van der Waals surface area contributed by atoms with Crippen molar-refractivity contribution in [3.8, 4) is 5.75 Å². The Morgan fingerprint density at radius 3 is 2.76 bits per heavy atom. The van der Waals surface area contributed by atoms with E-state index >= 15 is 0 Å². The molecule has 2 aliphatic rings. The van der Waals surface area contributed by atoms with Crippen molar-refractivity contribution < 1.29 is 19.1 Å². The third kappa shape index (κ3) is 5.48. The van der Waals surface area contributed by atoms with Gasteiger partial charge in [-0.3, -0.25) is 14.5 Å². The fourth-order valence-electron chi connectivity index (χ4n) is 3.45. The molecular weight excluding hydrogens is 506 g/mol. The number of amidine groups is 1. The highest BCUT2D eigenvalue weighted by Gasteiger charge is 2.30. The van der Waals surface area contributed by atoms with Crippen LogP contribution in [0.1, 0.15) is 22.8 Å². The van der Waals surface area contributed by atoms with E-state index in [1.807, 2.05) is 43.3 Å². The number of aliphatic imine (C=N–C) groups is 1. The number of morpholine rings is 1. The van der Waals surface area contributed by atoms with Gasteiger partial charge in [-0.1, -0.05) is 12.1 Å². The summed E-state index contributed by atoms with van der Waals surface area (Å²) in [5.41, 5.74) is 2.08. The Morgan fingerprint density at radius 1 is 1.24 bits per heavy atom. The van der Waals surface area contributed by atoms with Crippen LogP contribution < -0.4 is 4.74 Å². The van der Waals surface area contributed by atoms with E-state index in [1.165, 1.54) is 16.7 Å². The van der Waals surface area contributed by atoms with E-state index in [2.05, 4.69) is 20.9 Å². The summed E-state index contributed by atoms with van der Waals surface area (Å²) in [6.07, 6.45) is 1.84. The third-order valence-corrected chi connectivity index (χ3v) is 6.85. The maximum Gasteiger partial charge on any atom is 0.266 e. The van der Waals surface area contributed by atoms with E-state index in [0.29, 0.717) is 54.2 Å². The highest BCUT2D eigenvalue weighted by Crippen LogP contribution is 2.34. The number of thioether (sulfide) groups is 1. The smallest absolute Gasteiger partial charge is 0.266 e. The Hall–Kier alpha value is -2.62. The summed E-state index contributed by atoms with van der Waals surface area (Å²) in [5.74, 6) is 0.603.